The second-order valence-corrected chi connectivity index (χ2v) is 6.03. The molecule has 2 aliphatic rings. The molecule has 0 aromatic heterocycles. The lowest BCUT2D eigenvalue weighted by atomic mass is 9.82. The number of hydrogen-bond acceptors (Lipinski definition) is 4. The Morgan fingerprint density at radius 3 is 3.00 bits per heavy atom. The Labute approximate surface area is 111 Å². The van der Waals surface area contributed by atoms with Gasteiger partial charge >= 0.3 is 0 Å². The van der Waals surface area contributed by atoms with Gasteiger partial charge < -0.3 is 21.1 Å². The lowest BCUT2D eigenvalue weighted by molar-refractivity contribution is 0.0968. The summed E-state index contributed by atoms with van der Waals surface area (Å²) in [5, 5.41) is 12.9. The molecule has 0 bridgehead atoms. The number of nitrogens with one attached hydrogen (secondary N) is 1. The zero-order valence-corrected chi connectivity index (χ0v) is 11.7. The number of rotatable bonds is 6. The average Bonchev–Trinajstić information content (AvgIpc) is 2.85. The van der Waals surface area contributed by atoms with E-state index >= 15 is 0 Å². The van der Waals surface area contributed by atoms with Gasteiger partial charge in [-0.1, -0.05) is 6.92 Å². The molecule has 18 heavy (non-hydrogen) atoms. The van der Waals surface area contributed by atoms with Crippen LogP contribution in [0.25, 0.3) is 0 Å². The normalized spacial score (nSPS) is 34.5. The fraction of sp³-hybridized carbons (Fsp3) is 1.00. The molecule has 2 aliphatic heterocycles. The van der Waals surface area contributed by atoms with E-state index in [-0.39, 0.29) is 12.1 Å². The van der Waals surface area contributed by atoms with E-state index < -0.39 is 0 Å². The van der Waals surface area contributed by atoms with Crippen molar-refractivity contribution in [2.24, 2.45) is 5.73 Å². The van der Waals surface area contributed by atoms with Crippen LogP contribution >= 0.6 is 0 Å². The van der Waals surface area contributed by atoms with Crippen molar-refractivity contribution in [1.29, 1.82) is 0 Å². The minimum Gasteiger partial charge on any atom is -0.396 e. The van der Waals surface area contributed by atoms with Crippen LogP contribution in [0.4, 0.5) is 0 Å². The first-order valence-electron chi connectivity index (χ1n) is 7.55. The predicted octanol–water partition coefficient (Wildman–Crippen LogP) is 0.693. The molecule has 2 heterocycles. The first-order valence-corrected chi connectivity index (χ1v) is 7.55. The van der Waals surface area contributed by atoms with Crippen molar-refractivity contribution >= 4 is 0 Å². The molecule has 0 aromatic carbocycles. The third-order valence-corrected chi connectivity index (χ3v) is 4.87. The molecule has 0 aliphatic carbocycles. The van der Waals surface area contributed by atoms with Gasteiger partial charge in [-0.15, -0.1) is 0 Å². The maximum Gasteiger partial charge on any atom is 0.0445 e. The second kappa shape index (κ2) is 6.33. The van der Waals surface area contributed by atoms with Gasteiger partial charge in [-0.05, 0) is 45.1 Å². The lowest BCUT2D eigenvalue weighted by Crippen LogP contribution is -2.61. The zero-order valence-electron chi connectivity index (χ0n) is 11.7. The predicted molar refractivity (Wildman–Crippen MR) is 74.5 cm³/mol. The molecular weight excluding hydrogens is 226 g/mol. The van der Waals surface area contributed by atoms with Crippen LogP contribution in [0.2, 0.25) is 0 Å². The Morgan fingerprint density at radius 1 is 1.50 bits per heavy atom. The number of aliphatic hydroxyl groups excluding tert-OH is 1. The maximum atomic E-state index is 9.12. The highest BCUT2D eigenvalue weighted by Gasteiger charge is 2.41. The van der Waals surface area contributed by atoms with Crippen molar-refractivity contribution in [3.05, 3.63) is 0 Å². The smallest absolute Gasteiger partial charge is 0.0445 e. The van der Waals surface area contributed by atoms with Crippen LogP contribution in [0.5, 0.6) is 0 Å². The molecule has 4 heteroatoms. The highest BCUT2D eigenvalue weighted by atomic mass is 16.3. The van der Waals surface area contributed by atoms with Gasteiger partial charge in [0.25, 0.3) is 0 Å². The Hall–Kier alpha value is -0.160. The first kappa shape index (κ1) is 14.3. The number of fused-ring (bicyclic) bond motifs is 1. The third kappa shape index (κ3) is 3.05. The number of nitrogens with two attached hydrogens (primary N) is 1. The molecule has 2 rings (SSSR count). The largest absolute Gasteiger partial charge is 0.396 e. The van der Waals surface area contributed by atoms with Gasteiger partial charge in [-0.25, -0.2) is 0 Å². The Bertz CT molecular complexity index is 261. The fourth-order valence-electron chi connectivity index (χ4n) is 3.67. The van der Waals surface area contributed by atoms with Gasteiger partial charge in [0.05, 0.1) is 0 Å². The van der Waals surface area contributed by atoms with Crippen LogP contribution in [-0.4, -0.2) is 53.9 Å². The van der Waals surface area contributed by atoms with Crippen LogP contribution in [0.3, 0.4) is 0 Å². The molecule has 0 amide bonds. The topological polar surface area (TPSA) is 61.5 Å². The summed E-state index contributed by atoms with van der Waals surface area (Å²) in [5.74, 6) is 0. The summed E-state index contributed by atoms with van der Waals surface area (Å²) in [7, 11) is 0. The van der Waals surface area contributed by atoms with E-state index in [0.29, 0.717) is 6.04 Å². The van der Waals surface area contributed by atoms with Crippen LogP contribution in [0, 0.1) is 0 Å². The van der Waals surface area contributed by atoms with Gasteiger partial charge in [0, 0.05) is 37.3 Å². The van der Waals surface area contributed by atoms with Gasteiger partial charge in [-0.2, -0.15) is 0 Å². The van der Waals surface area contributed by atoms with Crippen LogP contribution in [-0.2, 0) is 0 Å². The molecule has 3 atom stereocenters. The molecule has 106 valence electrons. The molecule has 0 radical (unpaired) electrons. The van der Waals surface area contributed by atoms with Gasteiger partial charge in [-0.3, -0.25) is 0 Å². The summed E-state index contributed by atoms with van der Waals surface area (Å²) in [4.78, 5) is 2.63. The summed E-state index contributed by atoms with van der Waals surface area (Å²) in [6.07, 6.45) is 6.93. The summed E-state index contributed by atoms with van der Waals surface area (Å²) in [6.45, 7) is 5.63. The van der Waals surface area contributed by atoms with E-state index in [4.69, 9.17) is 10.8 Å². The number of nitrogens with zero attached hydrogens (tertiary/aromatic N) is 1. The van der Waals surface area contributed by atoms with E-state index in [0.717, 1.165) is 31.8 Å². The van der Waals surface area contributed by atoms with Crippen LogP contribution in [0.15, 0.2) is 0 Å². The molecule has 0 spiro atoms. The van der Waals surface area contributed by atoms with Gasteiger partial charge in [0.15, 0.2) is 0 Å². The fourth-order valence-corrected chi connectivity index (χ4v) is 3.67. The minimum absolute atomic E-state index is 0.112. The molecule has 3 unspecified atom stereocenters. The Balaban J connectivity index is 1.97. The van der Waals surface area contributed by atoms with E-state index in [9.17, 15) is 0 Å². The molecule has 2 saturated heterocycles. The SMILES string of the molecule is CCC(CCO)NC1(CN)CCN2CCCC2C1. The number of aliphatic hydroxyl groups is 1. The average molecular weight is 255 g/mol. The highest BCUT2D eigenvalue weighted by molar-refractivity contribution is 5.01. The summed E-state index contributed by atoms with van der Waals surface area (Å²) in [5.41, 5.74) is 6.19. The van der Waals surface area contributed by atoms with E-state index in [2.05, 4.69) is 17.1 Å². The lowest BCUT2D eigenvalue weighted by Gasteiger charge is -2.46. The van der Waals surface area contributed by atoms with Crippen molar-refractivity contribution in [2.75, 3.05) is 26.2 Å². The van der Waals surface area contributed by atoms with E-state index in [1.807, 2.05) is 0 Å². The third-order valence-electron chi connectivity index (χ3n) is 4.87. The molecular formula is C14H29N3O. The highest BCUT2D eigenvalue weighted by Crippen LogP contribution is 2.33. The van der Waals surface area contributed by atoms with Crippen LogP contribution < -0.4 is 11.1 Å². The molecule has 0 aromatic rings. The van der Waals surface area contributed by atoms with Crippen molar-refractivity contribution in [3.8, 4) is 0 Å². The molecule has 4 N–H and O–H groups in total. The standard InChI is InChI=1S/C14H29N3O/c1-2-12(5-9-18)16-14(11-15)6-8-17-7-3-4-13(17)10-14/h12-13,16,18H,2-11,15H2,1H3. The first-order chi connectivity index (χ1) is 8.73. The van der Waals surface area contributed by atoms with E-state index in [1.54, 1.807) is 0 Å². The Morgan fingerprint density at radius 2 is 2.33 bits per heavy atom. The second-order valence-electron chi connectivity index (χ2n) is 6.03. The summed E-state index contributed by atoms with van der Waals surface area (Å²) in [6, 6.07) is 1.15. The monoisotopic (exact) mass is 255 g/mol. The van der Waals surface area contributed by atoms with E-state index in [1.165, 1.54) is 32.4 Å². The quantitative estimate of drug-likeness (QED) is 0.653. The van der Waals surface area contributed by atoms with Gasteiger partial charge in [0.2, 0.25) is 0 Å². The van der Waals surface area contributed by atoms with Crippen molar-refractivity contribution in [3.63, 3.8) is 0 Å². The maximum absolute atomic E-state index is 9.12. The molecule has 0 saturated carbocycles. The van der Waals surface area contributed by atoms with Crippen molar-refractivity contribution < 1.29 is 5.11 Å². The molecule has 4 nitrogen and oxygen atoms in total. The van der Waals surface area contributed by atoms with Crippen LogP contribution in [0.1, 0.15) is 45.4 Å². The van der Waals surface area contributed by atoms with Crippen molar-refractivity contribution in [2.45, 2.75) is 63.1 Å². The summed E-state index contributed by atoms with van der Waals surface area (Å²) >= 11 is 0. The zero-order chi connectivity index (χ0) is 13.0. The summed E-state index contributed by atoms with van der Waals surface area (Å²) < 4.78 is 0. The Kier molecular flexibility index (Phi) is 5.01. The molecule has 2 fully saturated rings. The van der Waals surface area contributed by atoms with Gasteiger partial charge in [0.1, 0.15) is 0 Å². The van der Waals surface area contributed by atoms with Crippen molar-refractivity contribution in [1.82, 2.24) is 10.2 Å². The number of hydrogen-bond donors (Lipinski definition) is 3. The number of piperidine rings is 1. The minimum atomic E-state index is 0.112.